The molecule has 7 heteroatoms. The lowest BCUT2D eigenvalue weighted by Crippen LogP contribution is -2.20. The molecule has 5 nitrogen and oxygen atoms in total. The highest BCUT2D eigenvalue weighted by Gasteiger charge is 2.28. The fourth-order valence-corrected chi connectivity index (χ4v) is 3.69. The maximum atomic E-state index is 12.0. The number of sulfonamides is 1. The number of benzene rings is 1. The molecule has 0 bridgehead atoms. The summed E-state index contributed by atoms with van der Waals surface area (Å²) in [6, 6.07) is 6.03. The number of primary sulfonamides is 1. The molecule has 0 radical (unpaired) electrons. The molecule has 0 aliphatic rings. The monoisotopic (exact) mass is 290 g/mol. The lowest BCUT2D eigenvalue weighted by atomic mass is 10.4. The molecule has 0 amide bonds. The summed E-state index contributed by atoms with van der Waals surface area (Å²) in [6.45, 7) is 2.55. The molecule has 1 aromatic rings. The van der Waals surface area contributed by atoms with Crippen LogP contribution in [0.3, 0.4) is 0 Å². The van der Waals surface area contributed by atoms with Gasteiger partial charge in [-0.25, -0.2) is 13.6 Å². The van der Waals surface area contributed by atoms with Gasteiger partial charge >= 0.3 is 7.80 Å². The van der Waals surface area contributed by atoms with E-state index in [1.165, 1.54) is 12.1 Å². The van der Waals surface area contributed by atoms with Gasteiger partial charge in [0.1, 0.15) is 4.90 Å². The smallest absolute Gasteiger partial charge is 0.337 e. The highest BCUT2D eigenvalue weighted by Crippen LogP contribution is 2.23. The Morgan fingerprint density at radius 2 is 2.00 bits per heavy atom. The van der Waals surface area contributed by atoms with Crippen molar-refractivity contribution in [2.45, 2.75) is 24.7 Å². The molecule has 0 heterocycles. The van der Waals surface area contributed by atoms with Gasteiger partial charge in [0.2, 0.25) is 15.3 Å². The van der Waals surface area contributed by atoms with Crippen molar-refractivity contribution in [3.8, 4) is 0 Å². The molecule has 1 atom stereocenters. The predicted octanol–water partition coefficient (Wildman–Crippen LogP) is 1.56. The molecule has 1 aromatic carbocycles. The Balaban J connectivity index is 2.80. The van der Waals surface area contributed by atoms with Crippen LogP contribution in [0.4, 0.5) is 0 Å². The Morgan fingerprint density at radius 1 is 1.33 bits per heavy atom. The van der Waals surface area contributed by atoms with Gasteiger partial charge in [-0.15, -0.1) is 0 Å². The Hall–Kier alpha value is -0.810. The second-order valence-electron chi connectivity index (χ2n) is 3.78. The minimum absolute atomic E-state index is 0.0157. The number of hydrogen-bond acceptors (Lipinski definition) is 4. The van der Waals surface area contributed by atoms with Gasteiger partial charge in [0, 0.05) is 0 Å². The van der Waals surface area contributed by atoms with Gasteiger partial charge < -0.3 is 4.74 Å². The third kappa shape index (κ3) is 4.46. The largest absolute Gasteiger partial charge is 0.406 e. The first kappa shape index (κ1) is 15.2. The summed E-state index contributed by atoms with van der Waals surface area (Å²) in [7, 11) is -5.76. The van der Waals surface area contributed by atoms with Crippen molar-refractivity contribution in [1.29, 1.82) is 0 Å². The van der Waals surface area contributed by atoms with Crippen LogP contribution in [0.2, 0.25) is 0 Å². The van der Waals surface area contributed by atoms with E-state index in [1.54, 1.807) is 12.1 Å². The molecule has 1 rings (SSSR count). The molecule has 0 spiro atoms. The highest BCUT2D eigenvalue weighted by molar-refractivity contribution is 7.89. The topological polar surface area (TPSA) is 86.5 Å². The molecule has 0 aliphatic heterocycles. The van der Waals surface area contributed by atoms with E-state index in [0.717, 1.165) is 12.8 Å². The molecule has 0 saturated carbocycles. The van der Waals surface area contributed by atoms with Gasteiger partial charge in [0.15, 0.2) is 0 Å². The highest BCUT2D eigenvalue weighted by atomic mass is 32.2. The van der Waals surface area contributed by atoms with E-state index in [4.69, 9.17) is 9.88 Å². The molecular formula is C11H17NO4PS+. The van der Waals surface area contributed by atoms with E-state index < -0.39 is 17.8 Å². The average molecular weight is 290 g/mol. The minimum atomic E-state index is -3.85. The first-order valence-electron chi connectivity index (χ1n) is 5.61. The zero-order valence-corrected chi connectivity index (χ0v) is 11.9. The lowest BCUT2D eigenvalue weighted by Gasteiger charge is -1.99. The van der Waals surface area contributed by atoms with Crippen molar-refractivity contribution in [2.75, 3.05) is 13.0 Å². The third-order valence-corrected chi connectivity index (χ3v) is 4.76. The quantitative estimate of drug-likeness (QED) is 0.610. The molecule has 0 aromatic heterocycles. The first-order valence-corrected chi connectivity index (χ1v) is 8.60. The number of unbranched alkanes of at least 4 members (excludes halogenated alkanes) is 1. The molecule has 100 valence electrons. The maximum Gasteiger partial charge on any atom is 0.406 e. The van der Waals surface area contributed by atoms with Gasteiger partial charge in [-0.1, -0.05) is 30.0 Å². The van der Waals surface area contributed by atoms with Crippen molar-refractivity contribution in [2.24, 2.45) is 5.14 Å². The van der Waals surface area contributed by atoms with Crippen molar-refractivity contribution in [3.05, 3.63) is 24.3 Å². The van der Waals surface area contributed by atoms with Crippen molar-refractivity contribution in [3.63, 3.8) is 0 Å². The molecule has 2 N–H and O–H groups in total. The maximum absolute atomic E-state index is 12.0. The zero-order chi connectivity index (χ0) is 13.6. The molecule has 0 fully saturated rings. The number of nitrogens with two attached hydrogens (primary N) is 1. The van der Waals surface area contributed by atoms with Gasteiger partial charge in [0.05, 0.1) is 6.61 Å². The fraction of sp³-hybridized carbons (Fsp3) is 0.455. The molecule has 0 saturated heterocycles. The van der Waals surface area contributed by atoms with Crippen LogP contribution in [0.5, 0.6) is 0 Å². The van der Waals surface area contributed by atoms with E-state index in [-0.39, 0.29) is 16.5 Å². The van der Waals surface area contributed by atoms with E-state index in [2.05, 4.69) is 0 Å². The van der Waals surface area contributed by atoms with E-state index in [0.29, 0.717) is 6.61 Å². The fourth-order valence-electron chi connectivity index (χ4n) is 1.37. The van der Waals surface area contributed by atoms with E-state index in [1.807, 2.05) is 6.92 Å². The summed E-state index contributed by atoms with van der Waals surface area (Å²) in [6.07, 6.45) is 1.90. The molecular weight excluding hydrogens is 273 g/mol. The number of hydrogen-bond donors (Lipinski definition) is 1. The van der Waals surface area contributed by atoms with Crippen LogP contribution in [0, 0.1) is 0 Å². The van der Waals surface area contributed by atoms with Crippen LogP contribution in [-0.2, 0) is 19.3 Å². The normalized spacial score (nSPS) is 12.4. The number of rotatable bonds is 7. The van der Waals surface area contributed by atoms with Crippen molar-refractivity contribution in [1.82, 2.24) is 0 Å². The summed E-state index contributed by atoms with van der Waals surface area (Å²) in [5.41, 5.74) is 0. The summed E-state index contributed by atoms with van der Waals surface area (Å²) in [5.74, 6) is 0. The van der Waals surface area contributed by atoms with Crippen LogP contribution >= 0.6 is 7.80 Å². The molecule has 18 heavy (non-hydrogen) atoms. The summed E-state index contributed by atoms with van der Waals surface area (Å²) in [4.78, 5) is -0.0924. The summed E-state index contributed by atoms with van der Waals surface area (Å²) in [5, 5.41) is 5.30. The summed E-state index contributed by atoms with van der Waals surface area (Å²) < 4.78 is 39.9. The predicted molar refractivity (Wildman–Crippen MR) is 70.8 cm³/mol. The zero-order valence-electron chi connectivity index (χ0n) is 10.2. The third-order valence-electron chi connectivity index (χ3n) is 2.29. The Bertz CT molecular complexity index is 516. The molecule has 0 aliphatic carbocycles. The van der Waals surface area contributed by atoms with Crippen LogP contribution in [0.25, 0.3) is 0 Å². The number of ether oxygens (including phenoxy) is 1. The minimum Gasteiger partial charge on any atom is -0.337 e. The van der Waals surface area contributed by atoms with Crippen LogP contribution < -0.4 is 10.4 Å². The van der Waals surface area contributed by atoms with Gasteiger partial charge in [-0.05, 0) is 18.6 Å². The lowest BCUT2D eigenvalue weighted by molar-refractivity contribution is 0.174. The van der Waals surface area contributed by atoms with E-state index in [9.17, 15) is 13.0 Å². The van der Waals surface area contributed by atoms with Crippen molar-refractivity contribution >= 4 is 23.1 Å². The Labute approximate surface area is 108 Å². The van der Waals surface area contributed by atoms with E-state index >= 15 is 0 Å². The summed E-state index contributed by atoms with van der Waals surface area (Å²) >= 11 is 0. The van der Waals surface area contributed by atoms with Crippen LogP contribution in [0.15, 0.2) is 29.2 Å². The SMILES string of the molecule is CCCCOC[P+](=O)c1ccccc1S(N)(=O)=O. The van der Waals surface area contributed by atoms with Gasteiger partial charge in [0.25, 0.3) is 6.35 Å². The second-order valence-corrected chi connectivity index (χ2v) is 6.81. The Morgan fingerprint density at radius 3 is 2.61 bits per heavy atom. The van der Waals surface area contributed by atoms with Gasteiger partial charge in [-0.3, -0.25) is 0 Å². The van der Waals surface area contributed by atoms with Gasteiger partial charge in [-0.2, -0.15) is 0 Å². The molecule has 1 unspecified atom stereocenters. The average Bonchev–Trinajstić information content (AvgIpc) is 2.33. The second kappa shape index (κ2) is 6.95. The first-order chi connectivity index (χ1) is 8.46. The van der Waals surface area contributed by atoms with Crippen LogP contribution in [0.1, 0.15) is 19.8 Å². The van der Waals surface area contributed by atoms with Crippen LogP contribution in [-0.4, -0.2) is 21.4 Å². The Kier molecular flexibility index (Phi) is 5.88. The van der Waals surface area contributed by atoms with Crippen molar-refractivity contribution < 1.29 is 17.7 Å². The standard InChI is InChI=1S/C11H17NO4PS/c1-2-3-8-16-9-17(13)10-6-4-5-7-11(10)18(12,14)15/h4-7H,2-3,8-9H2,1H3,(H2,12,14,15)/q+1.